The third kappa shape index (κ3) is 6.02. The van der Waals surface area contributed by atoms with Crippen molar-refractivity contribution in [3.05, 3.63) is 113 Å². The van der Waals surface area contributed by atoms with Crippen molar-refractivity contribution in [2.45, 2.75) is 31.7 Å². The van der Waals surface area contributed by atoms with Gasteiger partial charge in [0.1, 0.15) is 11.8 Å². The molecule has 10 heteroatoms. The Balaban J connectivity index is 1.48. The lowest BCUT2D eigenvalue weighted by Gasteiger charge is -2.21. The molecule has 1 amide bonds. The molecule has 39 heavy (non-hydrogen) atoms. The molecule has 1 fully saturated rings. The molecular formula is C29H26F4N4O2. The van der Waals surface area contributed by atoms with Gasteiger partial charge in [0.2, 0.25) is 0 Å². The number of aromatic nitrogens is 2. The average Bonchev–Trinajstić information content (AvgIpc) is 3.64. The standard InChI is InChI=1S/C29H26F4N4O2/c30-26-22(27(39-17-18-12-13-18)20-7-2-1-3-8-20)10-5-11-23(26)35-28(38)24-15-25(29(31,32)33)36-37(24)21-9-4-6-19(14-21)16-34/h1-11,14-15,18,27H,12-13,16-17,34H2,(H,35,38). The van der Waals surface area contributed by atoms with Gasteiger partial charge in [-0.2, -0.15) is 18.3 Å². The highest BCUT2D eigenvalue weighted by molar-refractivity contribution is 6.03. The van der Waals surface area contributed by atoms with Gasteiger partial charge in [-0.05, 0) is 48.1 Å². The normalized spacial score (nSPS) is 14.3. The van der Waals surface area contributed by atoms with Crippen LogP contribution in [0.25, 0.3) is 5.69 Å². The van der Waals surface area contributed by atoms with Crippen LogP contribution in [-0.2, 0) is 17.5 Å². The molecule has 1 aromatic heterocycles. The topological polar surface area (TPSA) is 82.2 Å². The molecule has 202 valence electrons. The number of rotatable bonds is 9. The van der Waals surface area contributed by atoms with Crippen LogP contribution < -0.4 is 11.1 Å². The zero-order chi connectivity index (χ0) is 27.6. The summed E-state index contributed by atoms with van der Waals surface area (Å²) in [6.45, 7) is 0.614. The van der Waals surface area contributed by atoms with Crippen LogP contribution in [-0.4, -0.2) is 22.3 Å². The number of nitrogens with two attached hydrogens (primary N) is 1. The first-order valence-electron chi connectivity index (χ1n) is 12.5. The highest BCUT2D eigenvalue weighted by Crippen LogP contribution is 2.36. The van der Waals surface area contributed by atoms with E-state index in [0.29, 0.717) is 24.2 Å². The van der Waals surface area contributed by atoms with Gasteiger partial charge in [-0.25, -0.2) is 9.07 Å². The summed E-state index contributed by atoms with van der Waals surface area (Å²) >= 11 is 0. The minimum absolute atomic E-state index is 0.145. The zero-order valence-electron chi connectivity index (χ0n) is 20.8. The molecule has 1 unspecified atom stereocenters. The lowest BCUT2D eigenvalue weighted by atomic mass is 10.00. The Morgan fingerprint density at radius 2 is 1.79 bits per heavy atom. The minimum Gasteiger partial charge on any atom is -0.368 e. The molecule has 3 N–H and O–H groups in total. The molecule has 6 nitrogen and oxygen atoms in total. The highest BCUT2D eigenvalue weighted by atomic mass is 19.4. The van der Waals surface area contributed by atoms with E-state index >= 15 is 4.39 Å². The third-order valence-electron chi connectivity index (χ3n) is 6.48. The summed E-state index contributed by atoms with van der Waals surface area (Å²) in [5, 5.41) is 6.05. The largest absolute Gasteiger partial charge is 0.435 e. The Labute approximate surface area is 222 Å². The first-order valence-corrected chi connectivity index (χ1v) is 12.5. The third-order valence-corrected chi connectivity index (χ3v) is 6.48. The molecular weight excluding hydrogens is 512 g/mol. The van der Waals surface area contributed by atoms with Crippen LogP contribution in [0.2, 0.25) is 0 Å². The smallest absolute Gasteiger partial charge is 0.368 e. The van der Waals surface area contributed by atoms with E-state index in [1.165, 1.54) is 18.2 Å². The number of ether oxygens (including phenoxy) is 1. The Morgan fingerprint density at radius 1 is 1.05 bits per heavy atom. The second-order valence-electron chi connectivity index (χ2n) is 9.43. The first kappa shape index (κ1) is 26.6. The Bertz CT molecular complexity index is 1470. The van der Waals surface area contributed by atoms with E-state index in [1.54, 1.807) is 24.3 Å². The maximum atomic E-state index is 15.8. The van der Waals surface area contributed by atoms with Crippen molar-refractivity contribution in [2.75, 3.05) is 11.9 Å². The zero-order valence-corrected chi connectivity index (χ0v) is 20.8. The molecule has 0 spiro atoms. The molecule has 5 rings (SSSR count). The Hall–Kier alpha value is -4.02. The number of anilines is 1. The molecule has 1 aliphatic carbocycles. The monoisotopic (exact) mass is 538 g/mol. The van der Waals surface area contributed by atoms with Crippen molar-refractivity contribution in [1.82, 2.24) is 9.78 Å². The van der Waals surface area contributed by atoms with E-state index in [4.69, 9.17) is 10.5 Å². The van der Waals surface area contributed by atoms with E-state index in [9.17, 15) is 18.0 Å². The number of hydrogen-bond acceptors (Lipinski definition) is 4. The number of carbonyl (C=O) groups excluding carboxylic acids is 1. The van der Waals surface area contributed by atoms with Gasteiger partial charge in [-0.1, -0.05) is 54.6 Å². The van der Waals surface area contributed by atoms with Crippen molar-refractivity contribution in [1.29, 1.82) is 0 Å². The Morgan fingerprint density at radius 3 is 2.49 bits per heavy atom. The molecule has 0 bridgehead atoms. The van der Waals surface area contributed by atoms with E-state index in [1.807, 2.05) is 30.3 Å². The number of halogens is 4. The van der Waals surface area contributed by atoms with Crippen LogP contribution >= 0.6 is 0 Å². The van der Waals surface area contributed by atoms with Gasteiger partial charge < -0.3 is 15.8 Å². The number of amides is 1. The summed E-state index contributed by atoms with van der Waals surface area (Å²) in [5.41, 5.74) is 5.62. The van der Waals surface area contributed by atoms with Gasteiger partial charge in [-0.3, -0.25) is 4.79 Å². The fourth-order valence-electron chi connectivity index (χ4n) is 4.24. The molecule has 0 saturated heterocycles. The first-order chi connectivity index (χ1) is 18.7. The van der Waals surface area contributed by atoms with Gasteiger partial charge in [0.25, 0.3) is 5.91 Å². The van der Waals surface area contributed by atoms with E-state index < -0.39 is 35.4 Å². The maximum absolute atomic E-state index is 15.8. The fourth-order valence-corrected chi connectivity index (χ4v) is 4.24. The molecule has 1 heterocycles. The number of nitrogens with one attached hydrogen (secondary N) is 1. The number of benzene rings is 3. The quantitative estimate of drug-likeness (QED) is 0.247. The molecule has 1 atom stereocenters. The van der Waals surface area contributed by atoms with Crippen LogP contribution in [0.5, 0.6) is 0 Å². The molecule has 1 aliphatic rings. The summed E-state index contributed by atoms with van der Waals surface area (Å²) in [7, 11) is 0. The summed E-state index contributed by atoms with van der Waals surface area (Å²) in [6.07, 6.45) is -3.40. The highest BCUT2D eigenvalue weighted by Gasteiger charge is 2.36. The molecule has 3 aromatic carbocycles. The van der Waals surface area contributed by atoms with Crippen molar-refractivity contribution in [3.63, 3.8) is 0 Å². The van der Waals surface area contributed by atoms with E-state index in [0.717, 1.165) is 23.1 Å². The summed E-state index contributed by atoms with van der Waals surface area (Å²) in [6, 6.07) is 20.6. The lowest BCUT2D eigenvalue weighted by molar-refractivity contribution is -0.141. The van der Waals surface area contributed by atoms with Crippen molar-refractivity contribution < 1.29 is 27.1 Å². The average molecular weight is 539 g/mol. The maximum Gasteiger partial charge on any atom is 0.435 e. The van der Waals surface area contributed by atoms with Gasteiger partial charge in [-0.15, -0.1) is 0 Å². The number of carbonyl (C=O) groups is 1. The van der Waals surface area contributed by atoms with Gasteiger partial charge in [0.05, 0.1) is 18.0 Å². The van der Waals surface area contributed by atoms with Crippen LogP contribution in [0, 0.1) is 11.7 Å². The summed E-state index contributed by atoms with van der Waals surface area (Å²) in [4.78, 5) is 13.3. The van der Waals surface area contributed by atoms with Crippen LogP contribution in [0.4, 0.5) is 23.2 Å². The van der Waals surface area contributed by atoms with Gasteiger partial charge in [0, 0.05) is 18.2 Å². The van der Waals surface area contributed by atoms with Crippen molar-refractivity contribution >= 4 is 11.6 Å². The lowest BCUT2D eigenvalue weighted by Crippen LogP contribution is -2.19. The molecule has 4 aromatic rings. The number of nitrogens with zero attached hydrogens (tertiary/aromatic N) is 2. The van der Waals surface area contributed by atoms with Crippen molar-refractivity contribution in [2.24, 2.45) is 11.7 Å². The number of hydrogen-bond donors (Lipinski definition) is 2. The minimum atomic E-state index is -4.79. The van der Waals surface area contributed by atoms with Crippen LogP contribution in [0.3, 0.4) is 0 Å². The van der Waals surface area contributed by atoms with Gasteiger partial charge in [0.15, 0.2) is 11.5 Å². The summed E-state index contributed by atoms with van der Waals surface area (Å²) in [5.74, 6) is -1.26. The predicted molar refractivity (Wildman–Crippen MR) is 138 cm³/mol. The SMILES string of the molecule is NCc1cccc(-n2nc(C(F)(F)F)cc2C(=O)Nc2cccc(C(OCC3CC3)c3ccccc3)c2F)c1. The molecule has 0 radical (unpaired) electrons. The van der Waals surface area contributed by atoms with Gasteiger partial charge >= 0.3 is 6.18 Å². The summed E-state index contributed by atoms with van der Waals surface area (Å²) < 4.78 is 63.4. The van der Waals surface area contributed by atoms with Crippen LogP contribution in [0.15, 0.2) is 78.9 Å². The fraction of sp³-hybridized carbons (Fsp3) is 0.241. The van der Waals surface area contributed by atoms with E-state index in [2.05, 4.69) is 10.4 Å². The Kier molecular flexibility index (Phi) is 7.49. The van der Waals surface area contributed by atoms with Crippen LogP contribution in [0.1, 0.15) is 51.8 Å². The predicted octanol–water partition coefficient (Wildman–Crippen LogP) is 6.26. The second kappa shape index (κ2) is 11.0. The number of alkyl halides is 3. The van der Waals surface area contributed by atoms with E-state index in [-0.39, 0.29) is 23.5 Å². The molecule has 1 saturated carbocycles. The van der Waals surface area contributed by atoms with Crippen molar-refractivity contribution in [3.8, 4) is 5.69 Å². The second-order valence-corrected chi connectivity index (χ2v) is 9.43. The molecule has 0 aliphatic heterocycles.